The van der Waals surface area contributed by atoms with Crippen molar-refractivity contribution in [2.75, 3.05) is 25.4 Å². The van der Waals surface area contributed by atoms with Crippen LogP contribution in [0.5, 0.6) is 0 Å². The van der Waals surface area contributed by atoms with E-state index in [0.717, 1.165) is 15.8 Å². The molecular weight excluding hydrogens is 270 g/mol. The third kappa shape index (κ3) is 4.20. The minimum atomic E-state index is -3.74. The summed E-state index contributed by atoms with van der Waals surface area (Å²) in [6.07, 6.45) is -0.0255. The molecule has 96 valence electrons. The van der Waals surface area contributed by atoms with E-state index in [0.29, 0.717) is 0 Å². The Labute approximate surface area is 102 Å². The highest BCUT2D eigenvalue weighted by atomic mass is 32.2. The molecule has 9 nitrogen and oxygen atoms in total. The van der Waals surface area contributed by atoms with E-state index in [-0.39, 0.29) is 18.1 Å². The first-order valence-electron chi connectivity index (χ1n) is 4.41. The number of hydrogen-bond acceptors (Lipinski definition) is 8. The summed E-state index contributed by atoms with van der Waals surface area (Å²) in [5, 5.41) is 6.76. The van der Waals surface area contributed by atoms with E-state index in [2.05, 4.69) is 24.3 Å². The minimum Gasteiger partial charge on any atom is -0.469 e. The molecule has 0 aromatic carbocycles. The van der Waals surface area contributed by atoms with Crippen molar-refractivity contribution in [2.45, 2.75) is 6.42 Å². The van der Waals surface area contributed by atoms with Crippen molar-refractivity contribution in [2.24, 2.45) is 0 Å². The molecule has 1 heterocycles. The normalized spacial score (nSPS) is 11.5. The van der Waals surface area contributed by atoms with Gasteiger partial charge in [0.1, 0.15) is 0 Å². The largest absolute Gasteiger partial charge is 0.469 e. The molecule has 0 amide bonds. The van der Waals surface area contributed by atoms with Crippen LogP contribution < -0.4 is 4.72 Å². The summed E-state index contributed by atoms with van der Waals surface area (Å²) < 4.78 is 34.3. The second-order valence-corrected chi connectivity index (χ2v) is 5.43. The van der Waals surface area contributed by atoms with Crippen molar-refractivity contribution < 1.29 is 17.9 Å². The highest BCUT2D eigenvalue weighted by molar-refractivity contribution is 7.90. The lowest BCUT2D eigenvalue weighted by molar-refractivity contribution is -0.140. The standard InChI is InChI=1S/C6H11N5O4S2/c1-11(4-3-5(12)15-2)17(13,14)8-6-7-9-10-16-6/h3-4H2,1-2H3,(H,7,8,10). The van der Waals surface area contributed by atoms with Crippen LogP contribution in [0.4, 0.5) is 5.13 Å². The van der Waals surface area contributed by atoms with Gasteiger partial charge >= 0.3 is 16.2 Å². The molecule has 1 N–H and O–H groups in total. The van der Waals surface area contributed by atoms with Gasteiger partial charge in [-0.05, 0) is 5.21 Å². The van der Waals surface area contributed by atoms with Gasteiger partial charge in [0, 0.05) is 25.1 Å². The first kappa shape index (κ1) is 13.7. The number of esters is 1. The fourth-order valence-corrected chi connectivity index (χ4v) is 2.27. The molecule has 0 fully saturated rings. The van der Waals surface area contributed by atoms with Crippen LogP contribution in [0.25, 0.3) is 0 Å². The molecule has 0 saturated carbocycles. The number of ether oxygens (including phenoxy) is 1. The van der Waals surface area contributed by atoms with Gasteiger partial charge in [0.05, 0.1) is 13.5 Å². The molecule has 0 unspecified atom stereocenters. The molecule has 0 radical (unpaired) electrons. The smallest absolute Gasteiger partial charge is 0.306 e. The molecule has 17 heavy (non-hydrogen) atoms. The molecule has 0 atom stereocenters. The first-order chi connectivity index (χ1) is 7.95. The number of nitrogens with one attached hydrogen (secondary N) is 1. The number of hydrogen-bond donors (Lipinski definition) is 1. The number of rotatable bonds is 6. The van der Waals surface area contributed by atoms with Crippen LogP contribution in [0.1, 0.15) is 6.42 Å². The Bertz CT molecular complexity index is 459. The molecule has 0 bridgehead atoms. The lowest BCUT2D eigenvalue weighted by atomic mass is 10.4. The maximum absolute atomic E-state index is 11.7. The summed E-state index contributed by atoms with van der Waals surface area (Å²) in [6.45, 7) is 0.00817. The molecule has 1 rings (SSSR count). The summed E-state index contributed by atoms with van der Waals surface area (Å²) in [5.41, 5.74) is 0. The molecule has 0 spiro atoms. The van der Waals surface area contributed by atoms with Crippen molar-refractivity contribution >= 4 is 32.8 Å². The quantitative estimate of drug-likeness (QED) is 0.671. The van der Waals surface area contributed by atoms with Crippen LogP contribution in [0.3, 0.4) is 0 Å². The molecular formula is C6H11N5O4S2. The van der Waals surface area contributed by atoms with Gasteiger partial charge in [-0.2, -0.15) is 12.7 Å². The minimum absolute atomic E-state index is 0.00817. The van der Waals surface area contributed by atoms with E-state index in [1.807, 2.05) is 0 Å². The van der Waals surface area contributed by atoms with Gasteiger partial charge < -0.3 is 4.74 Å². The monoisotopic (exact) mass is 281 g/mol. The molecule has 11 heteroatoms. The summed E-state index contributed by atoms with van der Waals surface area (Å²) in [4.78, 5) is 10.9. The fraction of sp³-hybridized carbons (Fsp3) is 0.667. The van der Waals surface area contributed by atoms with Crippen LogP contribution in [0.2, 0.25) is 0 Å². The number of aromatic nitrogens is 3. The SMILES string of the molecule is COC(=O)CCN(C)S(=O)(=O)Nc1nnns1. The van der Waals surface area contributed by atoms with Crippen molar-refractivity contribution in [1.82, 2.24) is 19.1 Å². The Morgan fingerprint density at radius 3 is 2.82 bits per heavy atom. The summed E-state index contributed by atoms with van der Waals surface area (Å²) in [5.74, 6) is -0.482. The third-order valence-corrected chi connectivity index (χ3v) is 3.88. The number of nitrogens with zero attached hydrogens (tertiary/aromatic N) is 4. The molecule has 1 aromatic rings. The molecule has 0 saturated heterocycles. The summed E-state index contributed by atoms with van der Waals surface area (Å²) in [7, 11) is -1.17. The Morgan fingerprint density at radius 1 is 1.59 bits per heavy atom. The van der Waals surface area contributed by atoms with Gasteiger partial charge in [0.15, 0.2) is 0 Å². The van der Waals surface area contributed by atoms with E-state index in [1.165, 1.54) is 14.2 Å². The van der Waals surface area contributed by atoms with E-state index >= 15 is 0 Å². The van der Waals surface area contributed by atoms with Crippen molar-refractivity contribution in [3.05, 3.63) is 0 Å². The zero-order chi connectivity index (χ0) is 12.9. The highest BCUT2D eigenvalue weighted by Gasteiger charge is 2.20. The highest BCUT2D eigenvalue weighted by Crippen LogP contribution is 2.09. The van der Waals surface area contributed by atoms with Crippen LogP contribution in [-0.4, -0.2) is 54.2 Å². The predicted molar refractivity (Wildman–Crippen MR) is 59.5 cm³/mol. The molecule has 0 aliphatic rings. The van der Waals surface area contributed by atoms with E-state index in [9.17, 15) is 13.2 Å². The van der Waals surface area contributed by atoms with Crippen molar-refractivity contribution in [3.63, 3.8) is 0 Å². The Hall–Kier alpha value is -1.33. The molecule has 1 aromatic heterocycles. The van der Waals surface area contributed by atoms with Crippen molar-refractivity contribution in [3.8, 4) is 0 Å². The zero-order valence-electron chi connectivity index (χ0n) is 9.15. The second-order valence-electron chi connectivity index (χ2n) is 2.92. The molecule has 0 aliphatic carbocycles. The van der Waals surface area contributed by atoms with Gasteiger partial charge in [-0.15, -0.1) is 0 Å². The average molecular weight is 281 g/mol. The van der Waals surface area contributed by atoms with Gasteiger partial charge in [0.2, 0.25) is 5.13 Å². The van der Waals surface area contributed by atoms with Crippen molar-refractivity contribution in [1.29, 1.82) is 0 Å². The van der Waals surface area contributed by atoms with Crippen LogP contribution >= 0.6 is 11.5 Å². The van der Waals surface area contributed by atoms with Crippen LogP contribution in [0.15, 0.2) is 0 Å². The lowest BCUT2D eigenvalue weighted by Crippen LogP contribution is -2.34. The Morgan fingerprint density at radius 2 is 2.29 bits per heavy atom. The lowest BCUT2D eigenvalue weighted by Gasteiger charge is -2.15. The number of carbonyl (C=O) groups is 1. The number of carbonyl (C=O) groups excluding carboxylic acids is 1. The summed E-state index contributed by atoms with van der Waals surface area (Å²) in [6, 6.07) is 0. The van der Waals surface area contributed by atoms with Gasteiger partial charge in [0.25, 0.3) is 0 Å². The maximum Gasteiger partial charge on any atom is 0.306 e. The maximum atomic E-state index is 11.7. The molecule has 0 aliphatic heterocycles. The van der Waals surface area contributed by atoms with E-state index < -0.39 is 16.2 Å². The van der Waals surface area contributed by atoms with E-state index in [1.54, 1.807) is 0 Å². The fourth-order valence-electron chi connectivity index (χ4n) is 0.832. The Balaban J connectivity index is 2.55. The number of methoxy groups -OCH3 is 1. The average Bonchev–Trinajstić information content (AvgIpc) is 2.77. The van der Waals surface area contributed by atoms with Gasteiger partial charge in [-0.25, -0.2) is 4.72 Å². The van der Waals surface area contributed by atoms with Crippen LogP contribution in [-0.2, 0) is 19.7 Å². The first-order valence-corrected chi connectivity index (χ1v) is 6.63. The third-order valence-electron chi connectivity index (χ3n) is 1.78. The van der Waals surface area contributed by atoms with Gasteiger partial charge in [-0.1, -0.05) is 9.59 Å². The van der Waals surface area contributed by atoms with Crippen LogP contribution in [0, 0.1) is 0 Å². The Kier molecular flexibility index (Phi) is 4.72. The predicted octanol–water partition coefficient (Wildman–Crippen LogP) is -0.915. The summed E-state index contributed by atoms with van der Waals surface area (Å²) >= 11 is 0.815. The zero-order valence-corrected chi connectivity index (χ0v) is 10.8. The topological polar surface area (TPSA) is 114 Å². The van der Waals surface area contributed by atoms with E-state index in [4.69, 9.17) is 0 Å². The number of anilines is 1. The second kappa shape index (κ2) is 5.84. The van der Waals surface area contributed by atoms with Gasteiger partial charge in [-0.3, -0.25) is 4.79 Å².